The van der Waals surface area contributed by atoms with Crippen LogP contribution in [0.1, 0.15) is 64.0 Å². The van der Waals surface area contributed by atoms with E-state index in [1.165, 1.54) is 34.2 Å². The van der Waals surface area contributed by atoms with Gasteiger partial charge in [0.15, 0.2) is 5.13 Å². The van der Waals surface area contributed by atoms with E-state index in [-0.39, 0.29) is 12.1 Å². The molecule has 8 heteroatoms. The van der Waals surface area contributed by atoms with Crippen molar-refractivity contribution in [1.29, 1.82) is 0 Å². The fraction of sp³-hybridized carbons (Fsp3) is 0.577. The normalized spacial score (nSPS) is 20.7. The molecule has 1 saturated carbocycles. The topological polar surface area (TPSA) is 82.5 Å². The summed E-state index contributed by atoms with van der Waals surface area (Å²) < 4.78 is -0.165. The van der Waals surface area contributed by atoms with Crippen LogP contribution in [0.5, 0.6) is 0 Å². The van der Waals surface area contributed by atoms with E-state index in [2.05, 4.69) is 41.5 Å². The van der Waals surface area contributed by atoms with Gasteiger partial charge in [0.1, 0.15) is 4.75 Å². The minimum atomic E-state index is -0.947. The van der Waals surface area contributed by atoms with Crippen molar-refractivity contribution in [2.45, 2.75) is 80.7 Å². The van der Waals surface area contributed by atoms with Crippen LogP contribution in [0.3, 0.4) is 0 Å². The van der Waals surface area contributed by atoms with Gasteiger partial charge in [-0.2, -0.15) is 0 Å². The molecule has 1 aromatic carbocycles. The van der Waals surface area contributed by atoms with Crippen molar-refractivity contribution in [3.05, 3.63) is 41.6 Å². The third-order valence-electron chi connectivity index (χ3n) is 7.17. The van der Waals surface area contributed by atoms with Gasteiger partial charge < -0.3 is 10.0 Å². The maximum absolute atomic E-state index is 13.4. The largest absolute Gasteiger partial charge is 0.480 e. The fourth-order valence-electron chi connectivity index (χ4n) is 5.00. The summed E-state index contributed by atoms with van der Waals surface area (Å²) in [6.07, 6.45) is 9.26. The number of amides is 2. The minimum Gasteiger partial charge on any atom is -0.480 e. The number of aliphatic carboxylic acids is 1. The molecule has 0 atom stereocenters. The molecule has 2 amide bonds. The second-order valence-corrected chi connectivity index (χ2v) is 13.2. The fourth-order valence-corrected chi connectivity index (χ4v) is 7.27. The van der Waals surface area contributed by atoms with Gasteiger partial charge in [0.25, 0.3) is 0 Å². The Labute approximate surface area is 210 Å². The number of rotatable bonds is 8. The Morgan fingerprint density at radius 2 is 1.82 bits per heavy atom. The molecule has 2 aromatic rings. The number of carboxylic acids is 1. The lowest BCUT2D eigenvalue weighted by molar-refractivity contribution is -0.138. The smallest absolute Gasteiger partial charge is 0.323 e. The van der Waals surface area contributed by atoms with Crippen LogP contribution in [-0.2, 0) is 17.6 Å². The number of carbonyl (C=O) groups is 2. The summed E-state index contributed by atoms with van der Waals surface area (Å²) in [4.78, 5) is 31.2. The highest BCUT2D eigenvalue weighted by Gasteiger charge is 2.31. The van der Waals surface area contributed by atoms with Gasteiger partial charge in [0.05, 0.1) is 10.4 Å². The van der Waals surface area contributed by atoms with Crippen molar-refractivity contribution in [3.8, 4) is 0 Å². The third kappa shape index (κ3) is 6.13. The Hall–Kier alpha value is -2.06. The summed E-state index contributed by atoms with van der Waals surface area (Å²) in [6, 6.07) is 8.86. The number of hydrogen-bond acceptors (Lipinski definition) is 5. The van der Waals surface area contributed by atoms with Gasteiger partial charge in [-0.15, -0.1) is 0 Å². The molecule has 1 fully saturated rings. The quantitative estimate of drug-likeness (QED) is 0.414. The Bertz CT molecular complexity index is 989. The maximum Gasteiger partial charge on any atom is 0.323 e. The van der Waals surface area contributed by atoms with Gasteiger partial charge in [-0.25, -0.2) is 9.78 Å². The SMILES string of the molecule is CC(C)(Sc1cnc(NC(=O)N(CCC2Cc3ccccc3C2)[C@H]2CC[C@H](C)CC2)s1)C(=O)O. The lowest BCUT2D eigenvalue weighted by atomic mass is 9.86. The molecule has 184 valence electrons. The number of thioether (sulfide) groups is 1. The van der Waals surface area contributed by atoms with Crippen LogP contribution in [0.25, 0.3) is 0 Å². The van der Waals surface area contributed by atoms with E-state index in [0.29, 0.717) is 11.0 Å². The predicted molar refractivity (Wildman–Crippen MR) is 139 cm³/mol. The first-order valence-corrected chi connectivity index (χ1v) is 13.9. The van der Waals surface area contributed by atoms with Crippen molar-refractivity contribution in [2.24, 2.45) is 11.8 Å². The number of anilines is 1. The molecular formula is C26H35N3O3S2. The molecule has 34 heavy (non-hydrogen) atoms. The van der Waals surface area contributed by atoms with Gasteiger partial charge in [-0.3, -0.25) is 10.1 Å². The average molecular weight is 502 g/mol. The van der Waals surface area contributed by atoms with Crippen molar-refractivity contribution in [1.82, 2.24) is 9.88 Å². The third-order valence-corrected chi connectivity index (χ3v) is 9.37. The molecule has 2 aliphatic carbocycles. The molecule has 0 radical (unpaired) electrons. The molecule has 1 heterocycles. The van der Waals surface area contributed by atoms with Crippen LogP contribution >= 0.6 is 23.1 Å². The first kappa shape index (κ1) is 25.0. The maximum atomic E-state index is 13.4. The summed E-state index contributed by atoms with van der Waals surface area (Å²) in [5.74, 6) is 0.432. The Kier molecular flexibility index (Phi) is 7.87. The summed E-state index contributed by atoms with van der Waals surface area (Å²) in [5, 5.41) is 12.9. The number of urea groups is 1. The van der Waals surface area contributed by atoms with Crippen LogP contribution in [-0.4, -0.2) is 44.3 Å². The predicted octanol–water partition coefficient (Wildman–Crippen LogP) is 6.32. The van der Waals surface area contributed by atoms with Gasteiger partial charge in [0, 0.05) is 12.6 Å². The highest BCUT2D eigenvalue weighted by atomic mass is 32.2. The first-order chi connectivity index (χ1) is 16.2. The lowest BCUT2D eigenvalue weighted by Crippen LogP contribution is -2.45. The molecule has 2 N–H and O–H groups in total. The molecular weight excluding hydrogens is 466 g/mol. The second kappa shape index (κ2) is 10.7. The number of nitrogens with one attached hydrogen (secondary N) is 1. The average Bonchev–Trinajstić information content (AvgIpc) is 3.40. The second-order valence-electron chi connectivity index (χ2n) is 10.3. The number of fused-ring (bicyclic) bond motifs is 1. The Balaban J connectivity index is 1.40. The zero-order chi connectivity index (χ0) is 24.3. The summed E-state index contributed by atoms with van der Waals surface area (Å²) in [6.45, 7) is 6.39. The molecule has 2 aliphatic rings. The zero-order valence-corrected chi connectivity index (χ0v) is 21.9. The van der Waals surface area contributed by atoms with Crippen LogP contribution in [0, 0.1) is 11.8 Å². The Morgan fingerprint density at radius 3 is 2.44 bits per heavy atom. The molecule has 0 unspecified atom stereocenters. The number of carbonyl (C=O) groups excluding carboxylic acids is 1. The van der Waals surface area contributed by atoms with Crippen LogP contribution in [0.4, 0.5) is 9.93 Å². The van der Waals surface area contributed by atoms with Gasteiger partial charge >= 0.3 is 12.0 Å². The number of benzene rings is 1. The van der Waals surface area contributed by atoms with Crippen LogP contribution in [0.15, 0.2) is 34.7 Å². The van der Waals surface area contributed by atoms with E-state index in [9.17, 15) is 14.7 Å². The van der Waals surface area contributed by atoms with Crippen molar-refractivity contribution >= 4 is 40.2 Å². The zero-order valence-electron chi connectivity index (χ0n) is 20.3. The van der Waals surface area contributed by atoms with Gasteiger partial charge in [-0.1, -0.05) is 54.3 Å². The monoisotopic (exact) mass is 501 g/mol. The number of hydrogen-bond donors (Lipinski definition) is 2. The number of nitrogens with zero attached hydrogens (tertiary/aromatic N) is 2. The lowest BCUT2D eigenvalue weighted by Gasteiger charge is -2.36. The van der Waals surface area contributed by atoms with Crippen molar-refractivity contribution in [3.63, 3.8) is 0 Å². The highest BCUT2D eigenvalue weighted by Crippen LogP contribution is 2.38. The molecule has 1 aromatic heterocycles. The van der Waals surface area contributed by atoms with Crippen LogP contribution < -0.4 is 5.32 Å². The summed E-state index contributed by atoms with van der Waals surface area (Å²) in [7, 11) is 0. The number of thiazole rings is 1. The first-order valence-electron chi connectivity index (χ1n) is 12.2. The standard InChI is InChI=1S/C26H35N3O3S2/c1-17-8-10-21(11-9-17)29(13-12-18-14-19-6-4-5-7-20(19)15-18)25(32)28-24-27-16-22(33-24)34-26(2,3)23(30)31/h4-7,16-18,21H,8-15H2,1-3H3,(H,30,31)(H,27,28,32)/t17-,21-. The van der Waals surface area contributed by atoms with E-state index in [0.717, 1.165) is 61.6 Å². The molecule has 4 rings (SSSR count). The summed E-state index contributed by atoms with van der Waals surface area (Å²) >= 11 is 2.59. The molecule has 0 aliphatic heterocycles. The highest BCUT2D eigenvalue weighted by molar-refractivity contribution is 8.03. The minimum absolute atomic E-state index is 0.0848. The molecule has 0 spiro atoms. The van der Waals surface area contributed by atoms with Gasteiger partial charge in [0.2, 0.25) is 0 Å². The molecule has 6 nitrogen and oxygen atoms in total. The van der Waals surface area contributed by atoms with E-state index >= 15 is 0 Å². The van der Waals surface area contributed by atoms with E-state index < -0.39 is 10.7 Å². The van der Waals surface area contributed by atoms with E-state index in [1.54, 1.807) is 20.0 Å². The van der Waals surface area contributed by atoms with E-state index in [4.69, 9.17) is 0 Å². The van der Waals surface area contributed by atoms with Crippen molar-refractivity contribution < 1.29 is 14.7 Å². The van der Waals surface area contributed by atoms with Crippen molar-refractivity contribution in [2.75, 3.05) is 11.9 Å². The Morgan fingerprint density at radius 1 is 1.18 bits per heavy atom. The van der Waals surface area contributed by atoms with Gasteiger partial charge in [-0.05, 0) is 81.8 Å². The number of carboxylic acid groups (broad SMARTS) is 1. The molecule has 0 saturated heterocycles. The van der Waals surface area contributed by atoms with E-state index in [1.807, 2.05) is 4.90 Å². The van der Waals surface area contributed by atoms with Crippen LogP contribution in [0.2, 0.25) is 0 Å². The molecule has 0 bridgehead atoms. The number of aromatic nitrogens is 1. The summed E-state index contributed by atoms with van der Waals surface area (Å²) in [5.41, 5.74) is 2.90.